The number of carbonyl (C=O) groups is 1. The Bertz CT molecular complexity index is 1110. The molecule has 0 aliphatic carbocycles. The number of aromatic nitrogens is 2. The van der Waals surface area contributed by atoms with Crippen molar-refractivity contribution < 1.29 is 14.3 Å². The molecule has 0 bridgehead atoms. The quantitative estimate of drug-likeness (QED) is 0.492. The van der Waals surface area contributed by atoms with E-state index in [9.17, 15) is 4.79 Å². The summed E-state index contributed by atoms with van der Waals surface area (Å²) < 4.78 is 10.9. The lowest BCUT2D eigenvalue weighted by Gasteiger charge is -2.26. The third kappa shape index (κ3) is 5.20. The molecule has 1 fully saturated rings. The second-order valence-electron chi connectivity index (χ2n) is 8.12. The molecule has 8 nitrogen and oxygen atoms in total. The predicted octanol–water partition coefficient (Wildman–Crippen LogP) is 3.84. The molecule has 1 amide bonds. The fourth-order valence-corrected chi connectivity index (χ4v) is 5.35. The van der Waals surface area contributed by atoms with Crippen LogP contribution in [0.4, 0.5) is 5.82 Å². The van der Waals surface area contributed by atoms with E-state index in [1.54, 1.807) is 14.2 Å². The van der Waals surface area contributed by atoms with Gasteiger partial charge in [-0.3, -0.25) is 4.79 Å². The Balaban J connectivity index is 1.48. The van der Waals surface area contributed by atoms with Crippen LogP contribution >= 0.6 is 11.3 Å². The number of aryl methyl sites for hydroxylation is 1. The van der Waals surface area contributed by atoms with E-state index in [1.807, 2.05) is 25.1 Å². The van der Waals surface area contributed by atoms with Crippen molar-refractivity contribution in [3.63, 3.8) is 0 Å². The first kappa shape index (κ1) is 23.3. The summed E-state index contributed by atoms with van der Waals surface area (Å²) in [5.74, 6) is 2.02. The van der Waals surface area contributed by atoms with Crippen molar-refractivity contribution in [1.82, 2.24) is 20.2 Å². The monoisotopic (exact) mass is 469 g/mol. The number of hydrogen-bond acceptors (Lipinski definition) is 8. The van der Waals surface area contributed by atoms with Gasteiger partial charge in [-0.2, -0.15) is 0 Å². The summed E-state index contributed by atoms with van der Waals surface area (Å²) in [5, 5.41) is 7.35. The van der Waals surface area contributed by atoms with Gasteiger partial charge >= 0.3 is 0 Å². The number of fused-ring (bicyclic) bond motifs is 1. The zero-order valence-corrected chi connectivity index (χ0v) is 20.3. The molecule has 1 saturated heterocycles. The van der Waals surface area contributed by atoms with Crippen molar-refractivity contribution in [3.8, 4) is 11.5 Å². The van der Waals surface area contributed by atoms with Crippen molar-refractivity contribution >= 4 is 33.3 Å². The molecule has 0 spiro atoms. The van der Waals surface area contributed by atoms with Gasteiger partial charge in [0.1, 0.15) is 17.0 Å². The third-order valence-corrected chi connectivity index (χ3v) is 7.22. The maximum Gasteiger partial charge on any atom is 0.261 e. The van der Waals surface area contributed by atoms with Crippen LogP contribution in [-0.2, 0) is 6.54 Å². The van der Waals surface area contributed by atoms with E-state index < -0.39 is 0 Å². The standard InChI is InChI=1S/C24H31N5O3S/c1-16-19-22(26-14-17-8-7-9-18(31-2)20(17)32-3)27-15-28-24(19)33-21(16)23(30)25-10-13-29-11-5-4-6-12-29/h7-9,15H,4-6,10-14H2,1-3H3,(H,25,30)(H,26,27,28). The minimum absolute atomic E-state index is 0.0482. The topological polar surface area (TPSA) is 88.6 Å². The van der Waals surface area contributed by atoms with Crippen molar-refractivity contribution in [1.29, 1.82) is 0 Å². The molecular weight excluding hydrogens is 438 g/mol. The van der Waals surface area contributed by atoms with Gasteiger partial charge in [0.25, 0.3) is 5.91 Å². The molecule has 176 valence electrons. The van der Waals surface area contributed by atoms with Gasteiger partial charge in [0.05, 0.1) is 24.5 Å². The van der Waals surface area contributed by atoms with Crippen molar-refractivity contribution in [2.75, 3.05) is 45.7 Å². The Hall–Kier alpha value is -2.91. The van der Waals surface area contributed by atoms with Crippen LogP contribution < -0.4 is 20.1 Å². The number of nitrogens with one attached hydrogen (secondary N) is 2. The zero-order valence-electron chi connectivity index (χ0n) is 19.4. The number of thiophene rings is 1. The first-order valence-electron chi connectivity index (χ1n) is 11.3. The molecule has 1 aromatic carbocycles. The highest BCUT2D eigenvalue weighted by molar-refractivity contribution is 7.20. The van der Waals surface area contributed by atoms with Gasteiger partial charge < -0.3 is 25.0 Å². The van der Waals surface area contributed by atoms with E-state index in [0.717, 1.165) is 41.0 Å². The molecule has 9 heteroatoms. The average Bonchev–Trinajstić information content (AvgIpc) is 3.20. The summed E-state index contributed by atoms with van der Waals surface area (Å²) in [7, 11) is 3.25. The smallest absolute Gasteiger partial charge is 0.261 e. The van der Waals surface area contributed by atoms with Crippen molar-refractivity contribution in [2.24, 2.45) is 0 Å². The van der Waals surface area contributed by atoms with Gasteiger partial charge in [-0.15, -0.1) is 11.3 Å². The molecule has 33 heavy (non-hydrogen) atoms. The van der Waals surface area contributed by atoms with Crippen LogP contribution in [0.2, 0.25) is 0 Å². The fourth-order valence-electron chi connectivity index (χ4n) is 4.28. The van der Waals surface area contributed by atoms with Crippen LogP contribution in [0.15, 0.2) is 24.5 Å². The number of carbonyl (C=O) groups excluding carboxylic acids is 1. The molecular formula is C24H31N5O3S. The number of rotatable bonds is 9. The summed E-state index contributed by atoms with van der Waals surface area (Å²) >= 11 is 1.41. The number of amides is 1. The number of likely N-dealkylation sites (tertiary alicyclic amines) is 1. The minimum atomic E-state index is -0.0482. The Labute approximate surface area is 198 Å². The van der Waals surface area contributed by atoms with Crippen LogP contribution in [0.1, 0.15) is 40.1 Å². The van der Waals surface area contributed by atoms with E-state index >= 15 is 0 Å². The molecule has 3 heterocycles. The van der Waals surface area contributed by atoms with Gasteiger partial charge in [-0.1, -0.05) is 18.6 Å². The van der Waals surface area contributed by atoms with Crippen LogP contribution in [0.3, 0.4) is 0 Å². The predicted molar refractivity (Wildman–Crippen MR) is 132 cm³/mol. The summed E-state index contributed by atoms with van der Waals surface area (Å²) in [4.78, 5) is 25.7. The second-order valence-corrected chi connectivity index (χ2v) is 9.12. The van der Waals surface area contributed by atoms with E-state index in [2.05, 4.69) is 25.5 Å². The number of benzene rings is 1. The molecule has 0 unspecified atom stereocenters. The maximum absolute atomic E-state index is 12.9. The normalized spacial score (nSPS) is 14.3. The van der Waals surface area contributed by atoms with Gasteiger partial charge in [0.2, 0.25) is 0 Å². The molecule has 2 N–H and O–H groups in total. The summed E-state index contributed by atoms with van der Waals surface area (Å²) in [6.45, 7) is 6.25. The summed E-state index contributed by atoms with van der Waals surface area (Å²) in [6, 6.07) is 5.77. The van der Waals surface area contributed by atoms with Crippen molar-refractivity contribution in [3.05, 3.63) is 40.5 Å². The lowest BCUT2D eigenvalue weighted by molar-refractivity contribution is 0.0950. The van der Waals surface area contributed by atoms with Crippen LogP contribution in [0.25, 0.3) is 10.2 Å². The maximum atomic E-state index is 12.9. The van der Waals surface area contributed by atoms with Crippen molar-refractivity contribution in [2.45, 2.75) is 32.7 Å². The first-order valence-corrected chi connectivity index (χ1v) is 12.1. The molecule has 1 aliphatic rings. The number of hydrogen-bond donors (Lipinski definition) is 2. The summed E-state index contributed by atoms with van der Waals surface area (Å²) in [5.41, 5.74) is 1.85. The van der Waals surface area contributed by atoms with Gasteiger partial charge in [0.15, 0.2) is 11.5 Å². The Morgan fingerprint density at radius 2 is 1.97 bits per heavy atom. The largest absolute Gasteiger partial charge is 0.493 e. The fraction of sp³-hybridized carbons (Fsp3) is 0.458. The highest BCUT2D eigenvalue weighted by Gasteiger charge is 2.20. The third-order valence-electron chi connectivity index (χ3n) is 6.03. The van der Waals surface area contributed by atoms with Gasteiger partial charge in [-0.25, -0.2) is 9.97 Å². The molecule has 2 aromatic heterocycles. The van der Waals surface area contributed by atoms with Gasteiger partial charge in [0, 0.05) is 25.2 Å². The first-order chi connectivity index (χ1) is 16.1. The number of methoxy groups -OCH3 is 2. The molecule has 4 rings (SSSR count). The lowest BCUT2D eigenvalue weighted by atomic mass is 10.1. The molecule has 0 radical (unpaired) electrons. The number of nitrogens with zero attached hydrogens (tertiary/aromatic N) is 3. The van der Waals surface area contributed by atoms with Crippen LogP contribution in [0, 0.1) is 6.92 Å². The van der Waals surface area contributed by atoms with E-state index in [1.165, 1.54) is 36.9 Å². The second kappa shape index (κ2) is 10.8. The number of anilines is 1. The zero-order chi connectivity index (χ0) is 23.2. The number of piperidine rings is 1. The Kier molecular flexibility index (Phi) is 7.61. The molecule has 0 saturated carbocycles. The molecule has 1 aliphatic heterocycles. The highest BCUT2D eigenvalue weighted by Crippen LogP contribution is 2.35. The van der Waals surface area contributed by atoms with E-state index in [4.69, 9.17) is 9.47 Å². The van der Waals surface area contributed by atoms with E-state index in [-0.39, 0.29) is 5.91 Å². The lowest BCUT2D eigenvalue weighted by Crippen LogP contribution is -2.37. The van der Waals surface area contributed by atoms with Crippen LogP contribution in [0.5, 0.6) is 11.5 Å². The Morgan fingerprint density at radius 1 is 1.15 bits per heavy atom. The number of para-hydroxylation sites is 1. The highest BCUT2D eigenvalue weighted by atomic mass is 32.1. The van der Waals surface area contributed by atoms with Crippen LogP contribution in [-0.4, -0.2) is 61.2 Å². The number of ether oxygens (including phenoxy) is 2. The van der Waals surface area contributed by atoms with E-state index in [0.29, 0.717) is 35.3 Å². The molecule has 0 atom stereocenters. The summed E-state index contributed by atoms with van der Waals surface area (Å²) in [6.07, 6.45) is 5.34. The Morgan fingerprint density at radius 3 is 2.73 bits per heavy atom. The van der Waals surface area contributed by atoms with Gasteiger partial charge in [-0.05, 0) is 44.5 Å². The molecule has 3 aromatic rings. The average molecular weight is 470 g/mol. The minimum Gasteiger partial charge on any atom is -0.493 e. The SMILES string of the molecule is COc1cccc(CNc2ncnc3sc(C(=O)NCCN4CCCCC4)c(C)c23)c1OC.